The molecule has 1 aromatic rings. The third-order valence-corrected chi connectivity index (χ3v) is 6.09. The molecule has 0 spiro atoms. The Hall–Kier alpha value is -2.39. The van der Waals surface area contributed by atoms with Crippen LogP contribution in [0.2, 0.25) is 0 Å². The summed E-state index contributed by atoms with van der Waals surface area (Å²) in [5, 5.41) is 9.36. The molecule has 0 saturated carbocycles. The summed E-state index contributed by atoms with van der Waals surface area (Å²) in [6.07, 6.45) is 8.34. The minimum atomic E-state index is -1.41. The van der Waals surface area contributed by atoms with Crippen molar-refractivity contribution in [3.8, 4) is 5.75 Å². The Kier molecular flexibility index (Phi) is 10.00. The number of unbranched alkanes of at least 4 members (excludes halogenated alkanes) is 5. The van der Waals surface area contributed by atoms with E-state index in [1.165, 1.54) is 25.7 Å². The predicted octanol–water partition coefficient (Wildman–Crippen LogP) is 3.96. The topological polar surface area (TPSA) is 110 Å². The van der Waals surface area contributed by atoms with Crippen LogP contribution >= 0.6 is 24.0 Å². The number of thiocarbonyl (C=S) groups is 1. The first-order valence-corrected chi connectivity index (χ1v) is 11.6. The second kappa shape index (κ2) is 12.5. The van der Waals surface area contributed by atoms with E-state index in [1.54, 1.807) is 6.08 Å². The van der Waals surface area contributed by atoms with Gasteiger partial charge in [-0.05, 0) is 30.2 Å². The van der Waals surface area contributed by atoms with E-state index in [1.807, 2.05) is 24.3 Å². The summed E-state index contributed by atoms with van der Waals surface area (Å²) in [5.74, 6) is -1.94. The van der Waals surface area contributed by atoms with Crippen LogP contribution in [0.4, 0.5) is 0 Å². The Balaban J connectivity index is 1.94. The van der Waals surface area contributed by atoms with Crippen LogP contribution in [0, 0.1) is 0 Å². The van der Waals surface area contributed by atoms with Crippen molar-refractivity contribution in [2.75, 3.05) is 6.61 Å². The van der Waals surface area contributed by atoms with Gasteiger partial charge in [-0.3, -0.25) is 14.5 Å². The lowest BCUT2D eigenvalue weighted by Gasteiger charge is -2.21. The quantitative estimate of drug-likeness (QED) is 0.258. The molecule has 0 aromatic heterocycles. The van der Waals surface area contributed by atoms with Crippen LogP contribution in [0.25, 0.3) is 6.08 Å². The Morgan fingerprint density at radius 2 is 1.84 bits per heavy atom. The van der Waals surface area contributed by atoms with Crippen molar-refractivity contribution < 1.29 is 24.2 Å². The van der Waals surface area contributed by atoms with Crippen LogP contribution in [0.15, 0.2) is 29.2 Å². The maximum atomic E-state index is 12.7. The fraction of sp³-hybridized carbons (Fsp3) is 0.455. The minimum Gasteiger partial charge on any atom is -0.494 e. The number of aliphatic carboxylic acids is 1. The fourth-order valence-electron chi connectivity index (χ4n) is 3.11. The number of rotatable bonds is 13. The summed E-state index contributed by atoms with van der Waals surface area (Å²) < 4.78 is 5.84. The summed E-state index contributed by atoms with van der Waals surface area (Å²) >= 11 is 6.16. The second-order valence-corrected chi connectivity index (χ2v) is 8.94. The lowest BCUT2D eigenvalue weighted by atomic mass is 10.1. The summed E-state index contributed by atoms with van der Waals surface area (Å²) in [5.41, 5.74) is 5.87. The summed E-state index contributed by atoms with van der Waals surface area (Å²) in [7, 11) is 0. The third-order valence-electron chi connectivity index (χ3n) is 4.76. The number of carboxylic acid groups (broad SMARTS) is 1. The van der Waals surface area contributed by atoms with E-state index in [2.05, 4.69) is 6.92 Å². The van der Waals surface area contributed by atoms with Crippen LogP contribution in [0.1, 0.15) is 57.4 Å². The highest BCUT2D eigenvalue weighted by Gasteiger charge is 2.41. The number of primary amides is 1. The number of benzene rings is 1. The van der Waals surface area contributed by atoms with Crippen molar-refractivity contribution in [3.05, 3.63) is 34.7 Å². The number of hydrogen-bond acceptors (Lipinski definition) is 6. The maximum absolute atomic E-state index is 12.7. The number of nitrogens with two attached hydrogens (primary N) is 1. The highest BCUT2D eigenvalue weighted by Crippen LogP contribution is 2.34. The summed E-state index contributed by atoms with van der Waals surface area (Å²) in [4.78, 5) is 36.6. The number of carboxylic acids is 1. The molecular formula is C22H28N2O5S2. The molecule has 168 valence electrons. The van der Waals surface area contributed by atoms with E-state index in [0.717, 1.165) is 40.8 Å². The molecule has 1 aliphatic rings. The number of amides is 2. The normalized spacial score (nSPS) is 16.0. The molecule has 31 heavy (non-hydrogen) atoms. The SMILES string of the molecule is CCCCCCCCOc1ccc(C=C2SC(=S)N(C(CC(N)=O)C(=O)O)C2=O)cc1. The van der Waals surface area contributed by atoms with Crippen molar-refractivity contribution in [2.24, 2.45) is 5.73 Å². The zero-order valence-corrected chi connectivity index (χ0v) is 19.2. The molecule has 9 heteroatoms. The zero-order chi connectivity index (χ0) is 22.8. The van der Waals surface area contributed by atoms with Gasteiger partial charge in [0.1, 0.15) is 16.1 Å². The molecule has 1 fully saturated rings. The van der Waals surface area contributed by atoms with Crippen LogP contribution in [-0.2, 0) is 14.4 Å². The van der Waals surface area contributed by atoms with Gasteiger partial charge in [-0.15, -0.1) is 0 Å². The number of ether oxygens (including phenoxy) is 1. The van der Waals surface area contributed by atoms with Crippen LogP contribution in [0.5, 0.6) is 5.75 Å². The maximum Gasteiger partial charge on any atom is 0.327 e. The Labute approximate surface area is 192 Å². The standard InChI is InChI=1S/C22H28N2O5S2/c1-2-3-4-5-6-7-12-29-16-10-8-15(9-11-16)13-18-20(26)24(22(30)31-18)17(21(27)28)14-19(23)25/h8-11,13,17H,2-7,12,14H2,1H3,(H2,23,25)(H,27,28). The van der Waals surface area contributed by atoms with Crippen molar-refractivity contribution in [1.82, 2.24) is 4.90 Å². The van der Waals surface area contributed by atoms with Crippen LogP contribution < -0.4 is 10.5 Å². The van der Waals surface area contributed by atoms with Gasteiger partial charge in [0.2, 0.25) is 5.91 Å². The average Bonchev–Trinajstić information content (AvgIpc) is 2.99. The van der Waals surface area contributed by atoms with Gasteiger partial charge in [-0.1, -0.05) is 75.1 Å². The van der Waals surface area contributed by atoms with E-state index < -0.39 is 30.2 Å². The van der Waals surface area contributed by atoms with E-state index in [4.69, 9.17) is 22.7 Å². The molecule has 1 atom stereocenters. The van der Waals surface area contributed by atoms with E-state index in [0.29, 0.717) is 11.5 Å². The van der Waals surface area contributed by atoms with Crippen LogP contribution in [0.3, 0.4) is 0 Å². The molecule has 0 aliphatic carbocycles. The molecule has 1 saturated heterocycles. The van der Waals surface area contributed by atoms with Crippen molar-refractivity contribution in [2.45, 2.75) is 57.9 Å². The van der Waals surface area contributed by atoms with Gasteiger partial charge in [-0.25, -0.2) is 4.79 Å². The summed E-state index contributed by atoms with van der Waals surface area (Å²) in [6, 6.07) is 5.89. The highest BCUT2D eigenvalue weighted by molar-refractivity contribution is 8.26. The smallest absolute Gasteiger partial charge is 0.327 e. The van der Waals surface area contributed by atoms with Gasteiger partial charge >= 0.3 is 5.97 Å². The van der Waals surface area contributed by atoms with Gasteiger partial charge in [0.05, 0.1) is 17.9 Å². The fourth-order valence-corrected chi connectivity index (χ4v) is 4.47. The molecule has 3 N–H and O–H groups in total. The number of hydrogen-bond donors (Lipinski definition) is 2. The number of thioether (sulfide) groups is 1. The molecule has 7 nitrogen and oxygen atoms in total. The second-order valence-electron chi connectivity index (χ2n) is 7.26. The van der Waals surface area contributed by atoms with Gasteiger partial charge < -0.3 is 15.6 Å². The molecule has 2 rings (SSSR count). The number of carbonyl (C=O) groups is 3. The molecule has 0 radical (unpaired) electrons. The van der Waals surface area contributed by atoms with Crippen molar-refractivity contribution in [3.63, 3.8) is 0 Å². The number of carbonyl (C=O) groups excluding carboxylic acids is 2. The van der Waals surface area contributed by atoms with Gasteiger partial charge in [0.25, 0.3) is 5.91 Å². The predicted molar refractivity (Wildman–Crippen MR) is 126 cm³/mol. The molecule has 1 heterocycles. The van der Waals surface area contributed by atoms with Crippen molar-refractivity contribution >= 4 is 52.2 Å². The lowest BCUT2D eigenvalue weighted by Crippen LogP contribution is -2.46. The molecular weight excluding hydrogens is 436 g/mol. The largest absolute Gasteiger partial charge is 0.494 e. The molecule has 1 aromatic carbocycles. The van der Waals surface area contributed by atoms with E-state index in [9.17, 15) is 19.5 Å². The first kappa shape index (κ1) is 24.9. The molecule has 2 amide bonds. The Morgan fingerprint density at radius 1 is 1.19 bits per heavy atom. The average molecular weight is 465 g/mol. The lowest BCUT2D eigenvalue weighted by molar-refractivity contribution is -0.146. The van der Waals surface area contributed by atoms with Crippen LogP contribution in [-0.4, -0.2) is 44.8 Å². The van der Waals surface area contributed by atoms with E-state index in [-0.39, 0.29) is 4.32 Å². The van der Waals surface area contributed by atoms with Crippen molar-refractivity contribution in [1.29, 1.82) is 0 Å². The van der Waals surface area contributed by atoms with Gasteiger partial charge in [0.15, 0.2) is 0 Å². The first-order chi connectivity index (χ1) is 14.8. The van der Waals surface area contributed by atoms with Gasteiger partial charge in [-0.2, -0.15) is 0 Å². The van der Waals surface area contributed by atoms with E-state index >= 15 is 0 Å². The Bertz CT molecular complexity index is 839. The monoisotopic (exact) mass is 464 g/mol. The minimum absolute atomic E-state index is 0.0868. The first-order valence-electron chi connectivity index (χ1n) is 10.3. The Morgan fingerprint density at radius 3 is 2.45 bits per heavy atom. The van der Waals surface area contributed by atoms with Gasteiger partial charge in [0, 0.05) is 0 Å². The highest BCUT2D eigenvalue weighted by atomic mass is 32.2. The molecule has 0 bridgehead atoms. The number of nitrogens with zero attached hydrogens (tertiary/aromatic N) is 1. The molecule has 1 aliphatic heterocycles. The summed E-state index contributed by atoms with van der Waals surface area (Å²) in [6.45, 7) is 2.87. The molecule has 1 unspecified atom stereocenters. The third kappa shape index (κ3) is 7.66. The zero-order valence-electron chi connectivity index (χ0n) is 17.5.